The van der Waals surface area contributed by atoms with Crippen LogP contribution in [-0.2, 0) is 4.74 Å². The summed E-state index contributed by atoms with van der Waals surface area (Å²) in [5.41, 5.74) is 2.26. The molecule has 4 rings (SSSR count). The van der Waals surface area contributed by atoms with Gasteiger partial charge in [0, 0.05) is 18.7 Å². The van der Waals surface area contributed by atoms with Crippen molar-refractivity contribution in [2.75, 3.05) is 13.2 Å². The van der Waals surface area contributed by atoms with Crippen LogP contribution in [0.4, 0.5) is 0 Å². The number of nitrogens with one attached hydrogen (secondary N) is 2. The zero-order valence-corrected chi connectivity index (χ0v) is 13.3. The van der Waals surface area contributed by atoms with Crippen molar-refractivity contribution in [3.05, 3.63) is 54.2 Å². The Balaban J connectivity index is 1.54. The SMILES string of the molecule is O=C(NC[C@H]1CCCO1)c1cc(-c2cccc3ccccc23)n[nH]1. The van der Waals surface area contributed by atoms with Gasteiger partial charge in [0.05, 0.1) is 11.8 Å². The van der Waals surface area contributed by atoms with E-state index in [9.17, 15) is 4.79 Å². The summed E-state index contributed by atoms with van der Waals surface area (Å²) in [5, 5.41) is 12.3. The van der Waals surface area contributed by atoms with Gasteiger partial charge in [0.2, 0.25) is 0 Å². The third kappa shape index (κ3) is 2.90. The molecule has 1 aliphatic heterocycles. The topological polar surface area (TPSA) is 67.0 Å². The quantitative estimate of drug-likeness (QED) is 0.776. The highest BCUT2D eigenvalue weighted by Crippen LogP contribution is 2.27. The number of fused-ring (bicyclic) bond motifs is 1. The standard InChI is InChI=1S/C19H19N3O2/c23-19(20-12-14-7-4-10-24-14)18-11-17(21-22-18)16-9-3-6-13-5-1-2-8-15(13)16/h1-3,5-6,8-9,11,14H,4,7,10,12H2,(H,20,23)(H,21,22)/t14-/m1/s1. The first-order valence-corrected chi connectivity index (χ1v) is 8.24. The molecule has 1 fully saturated rings. The number of rotatable bonds is 4. The van der Waals surface area contributed by atoms with Crippen LogP contribution in [0.3, 0.4) is 0 Å². The van der Waals surface area contributed by atoms with E-state index in [1.807, 2.05) is 24.3 Å². The first-order valence-electron chi connectivity index (χ1n) is 8.24. The van der Waals surface area contributed by atoms with Gasteiger partial charge in [-0.2, -0.15) is 5.10 Å². The van der Waals surface area contributed by atoms with E-state index in [0.29, 0.717) is 12.2 Å². The van der Waals surface area contributed by atoms with E-state index in [2.05, 4.69) is 33.7 Å². The maximum atomic E-state index is 12.3. The monoisotopic (exact) mass is 321 g/mol. The summed E-state index contributed by atoms with van der Waals surface area (Å²) in [7, 11) is 0. The van der Waals surface area contributed by atoms with Gasteiger partial charge in [-0.05, 0) is 29.7 Å². The lowest BCUT2D eigenvalue weighted by molar-refractivity contribution is 0.0853. The molecule has 0 spiro atoms. The Labute approximate surface area is 140 Å². The summed E-state index contributed by atoms with van der Waals surface area (Å²) in [4.78, 5) is 12.3. The van der Waals surface area contributed by atoms with E-state index in [0.717, 1.165) is 41.5 Å². The first-order chi connectivity index (χ1) is 11.8. The molecule has 0 saturated carbocycles. The highest BCUT2D eigenvalue weighted by Gasteiger charge is 2.18. The summed E-state index contributed by atoms with van der Waals surface area (Å²) in [6, 6.07) is 16.1. The van der Waals surface area contributed by atoms with Gasteiger partial charge in [0.15, 0.2) is 0 Å². The summed E-state index contributed by atoms with van der Waals surface area (Å²) >= 11 is 0. The van der Waals surface area contributed by atoms with Crippen molar-refractivity contribution >= 4 is 16.7 Å². The van der Waals surface area contributed by atoms with Gasteiger partial charge >= 0.3 is 0 Å². The van der Waals surface area contributed by atoms with Crippen LogP contribution in [0.25, 0.3) is 22.0 Å². The molecule has 3 aromatic rings. The van der Waals surface area contributed by atoms with Crippen molar-refractivity contribution in [1.29, 1.82) is 0 Å². The molecule has 1 saturated heterocycles. The van der Waals surface area contributed by atoms with E-state index in [-0.39, 0.29) is 12.0 Å². The van der Waals surface area contributed by atoms with Crippen molar-refractivity contribution in [1.82, 2.24) is 15.5 Å². The fraction of sp³-hybridized carbons (Fsp3) is 0.263. The Morgan fingerprint density at radius 3 is 3.00 bits per heavy atom. The summed E-state index contributed by atoms with van der Waals surface area (Å²) in [5.74, 6) is -0.149. The van der Waals surface area contributed by atoms with E-state index in [1.54, 1.807) is 6.07 Å². The van der Waals surface area contributed by atoms with Gasteiger partial charge in [-0.1, -0.05) is 42.5 Å². The predicted octanol–water partition coefficient (Wildman–Crippen LogP) is 3.14. The van der Waals surface area contributed by atoms with Crippen molar-refractivity contribution in [3.63, 3.8) is 0 Å². The Morgan fingerprint density at radius 2 is 2.12 bits per heavy atom. The number of amides is 1. The Bertz CT molecular complexity index is 860. The molecule has 2 heterocycles. The molecule has 122 valence electrons. The van der Waals surface area contributed by atoms with Gasteiger partial charge in [-0.25, -0.2) is 0 Å². The van der Waals surface area contributed by atoms with Crippen molar-refractivity contribution < 1.29 is 9.53 Å². The summed E-state index contributed by atoms with van der Waals surface area (Å²) in [6.07, 6.45) is 2.20. The molecule has 0 bridgehead atoms. The molecule has 2 N–H and O–H groups in total. The normalized spacial score (nSPS) is 17.2. The second kappa shape index (κ2) is 6.45. The van der Waals surface area contributed by atoms with Crippen LogP contribution in [0.1, 0.15) is 23.3 Å². The average molecular weight is 321 g/mol. The number of hydrogen-bond acceptors (Lipinski definition) is 3. The molecule has 0 aliphatic carbocycles. The molecular weight excluding hydrogens is 302 g/mol. The van der Waals surface area contributed by atoms with E-state index >= 15 is 0 Å². The van der Waals surface area contributed by atoms with Gasteiger partial charge in [0.1, 0.15) is 5.69 Å². The van der Waals surface area contributed by atoms with Crippen LogP contribution < -0.4 is 5.32 Å². The largest absolute Gasteiger partial charge is 0.376 e. The molecule has 1 atom stereocenters. The molecule has 1 amide bonds. The van der Waals surface area contributed by atoms with Gasteiger partial charge < -0.3 is 10.1 Å². The fourth-order valence-corrected chi connectivity index (χ4v) is 3.13. The number of nitrogens with zero attached hydrogens (tertiary/aromatic N) is 1. The predicted molar refractivity (Wildman–Crippen MR) is 92.8 cm³/mol. The number of benzene rings is 2. The lowest BCUT2D eigenvalue weighted by Gasteiger charge is -2.09. The molecule has 0 unspecified atom stereocenters. The zero-order valence-electron chi connectivity index (χ0n) is 13.3. The van der Waals surface area contributed by atoms with Crippen LogP contribution in [0.2, 0.25) is 0 Å². The number of carbonyl (C=O) groups excluding carboxylic acids is 1. The maximum Gasteiger partial charge on any atom is 0.269 e. The summed E-state index contributed by atoms with van der Waals surface area (Å²) < 4.78 is 5.52. The molecule has 5 heteroatoms. The smallest absolute Gasteiger partial charge is 0.269 e. The van der Waals surface area contributed by atoms with E-state index in [1.165, 1.54) is 0 Å². The molecule has 24 heavy (non-hydrogen) atoms. The highest BCUT2D eigenvalue weighted by atomic mass is 16.5. The minimum Gasteiger partial charge on any atom is -0.376 e. The third-order valence-corrected chi connectivity index (χ3v) is 4.40. The number of H-pyrrole nitrogens is 1. The van der Waals surface area contributed by atoms with Crippen LogP contribution in [0, 0.1) is 0 Å². The van der Waals surface area contributed by atoms with Crippen LogP contribution >= 0.6 is 0 Å². The van der Waals surface area contributed by atoms with Gasteiger partial charge in [-0.3, -0.25) is 9.89 Å². The molecule has 0 radical (unpaired) electrons. The van der Waals surface area contributed by atoms with Crippen LogP contribution in [0.15, 0.2) is 48.5 Å². The number of ether oxygens (including phenoxy) is 1. The van der Waals surface area contributed by atoms with Gasteiger partial charge in [0.25, 0.3) is 5.91 Å². The minimum absolute atomic E-state index is 0.134. The second-order valence-corrected chi connectivity index (χ2v) is 6.04. The van der Waals surface area contributed by atoms with Crippen LogP contribution in [0.5, 0.6) is 0 Å². The maximum absolute atomic E-state index is 12.3. The first kappa shape index (κ1) is 14.9. The van der Waals surface area contributed by atoms with Crippen molar-refractivity contribution in [2.45, 2.75) is 18.9 Å². The lowest BCUT2D eigenvalue weighted by Crippen LogP contribution is -2.31. The summed E-state index contributed by atoms with van der Waals surface area (Å²) in [6.45, 7) is 1.33. The highest BCUT2D eigenvalue weighted by molar-refractivity contribution is 5.98. The minimum atomic E-state index is -0.149. The fourth-order valence-electron chi connectivity index (χ4n) is 3.13. The third-order valence-electron chi connectivity index (χ3n) is 4.40. The molecule has 1 aromatic heterocycles. The molecular formula is C19H19N3O2. The van der Waals surface area contributed by atoms with E-state index in [4.69, 9.17) is 4.74 Å². The average Bonchev–Trinajstić information content (AvgIpc) is 3.31. The van der Waals surface area contributed by atoms with Crippen LogP contribution in [-0.4, -0.2) is 35.4 Å². The lowest BCUT2D eigenvalue weighted by atomic mass is 10.0. The zero-order chi connectivity index (χ0) is 16.4. The molecule has 2 aromatic carbocycles. The van der Waals surface area contributed by atoms with Gasteiger partial charge in [-0.15, -0.1) is 0 Å². The molecule has 5 nitrogen and oxygen atoms in total. The number of aromatic nitrogens is 2. The number of aromatic amines is 1. The Kier molecular flexibility index (Phi) is 4.01. The van der Waals surface area contributed by atoms with E-state index < -0.39 is 0 Å². The second-order valence-electron chi connectivity index (χ2n) is 6.04. The Morgan fingerprint density at radius 1 is 1.25 bits per heavy atom. The number of hydrogen-bond donors (Lipinski definition) is 2. The van der Waals surface area contributed by atoms with Crippen molar-refractivity contribution in [2.24, 2.45) is 0 Å². The van der Waals surface area contributed by atoms with Crippen molar-refractivity contribution in [3.8, 4) is 11.3 Å². The Hall–Kier alpha value is -2.66. The number of carbonyl (C=O) groups is 1. The molecule has 1 aliphatic rings.